The average molecular weight is 312 g/mol. The molecule has 1 N–H and O–H groups in total. The van der Waals surface area contributed by atoms with Crippen LogP contribution in [0.15, 0.2) is 18.3 Å². The largest absolute Gasteiger partial charge is 0.367 e. The highest BCUT2D eigenvalue weighted by Crippen LogP contribution is 2.30. The first kappa shape index (κ1) is 15.6. The molecule has 0 fully saturated rings. The predicted octanol–water partition coefficient (Wildman–Crippen LogP) is 2.95. The molecule has 0 saturated carbocycles. The van der Waals surface area contributed by atoms with Gasteiger partial charge in [-0.2, -0.15) is 5.10 Å². The Morgan fingerprint density at radius 2 is 2.00 bits per heavy atom. The number of hydrogen-bond donors (Lipinski definition) is 1. The van der Waals surface area contributed by atoms with E-state index < -0.39 is 0 Å². The van der Waals surface area contributed by atoms with E-state index in [1.165, 1.54) is 16.9 Å². The molecule has 1 aromatic carbocycles. The van der Waals surface area contributed by atoms with E-state index >= 15 is 0 Å². The van der Waals surface area contributed by atoms with Gasteiger partial charge >= 0.3 is 0 Å². The average Bonchev–Trinajstić information content (AvgIpc) is 2.89. The van der Waals surface area contributed by atoms with Crippen LogP contribution in [0.4, 0.5) is 11.4 Å². The standard InChI is InChI=1S/C18H24N4O/c1-5-17(23)19-18-12(2)8-15(9-13(18)3)22-7-6-16-14(11-22)10-21(4)20-16/h8-10H,5-7,11H2,1-4H3,(H,19,23). The number of amides is 1. The molecule has 0 saturated heterocycles. The first-order valence-corrected chi connectivity index (χ1v) is 8.15. The second-order valence-corrected chi connectivity index (χ2v) is 6.30. The number of aromatic nitrogens is 2. The third-order valence-electron chi connectivity index (χ3n) is 4.44. The van der Waals surface area contributed by atoms with Gasteiger partial charge in [0.15, 0.2) is 0 Å². The summed E-state index contributed by atoms with van der Waals surface area (Å²) in [5, 5.41) is 7.52. The molecule has 2 heterocycles. The number of anilines is 2. The van der Waals surface area contributed by atoms with Crippen LogP contribution in [0.2, 0.25) is 0 Å². The highest BCUT2D eigenvalue weighted by Gasteiger charge is 2.20. The summed E-state index contributed by atoms with van der Waals surface area (Å²) in [6, 6.07) is 4.33. The molecule has 0 aliphatic carbocycles. The quantitative estimate of drug-likeness (QED) is 0.948. The molecule has 1 aliphatic heterocycles. The Morgan fingerprint density at radius 3 is 2.65 bits per heavy atom. The van der Waals surface area contributed by atoms with Crippen LogP contribution in [0.3, 0.4) is 0 Å². The smallest absolute Gasteiger partial charge is 0.224 e. The number of carbonyl (C=O) groups excluding carboxylic acids is 1. The van der Waals surface area contributed by atoms with Gasteiger partial charge in [0.2, 0.25) is 5.91 Å². The van der Waals surface area contributed by atoms with Gasteiger partial charge in [-0.15, -0.1) is 0 Å². The summed E-state index contributed by atoms with van der Waals surface area (Å²) < 4.78 is 1.90. The second-order valence-electron chi connectivity index (χ2n) is 6.30. The summed E-state index contributed by atoms with van der Waals surface area (Å²) in [6.07, 6.45) is 3.58. The van der Waals surface area contributed by atoms with Crippen molar-refractivity contribution < 1.29 is 4.79 Å². The minimum atomic E-state index is 0.0573. The zero-order valence-corrected chi connectivity index (χ0v) is 14.3. The molecule has 0 atom stereocenters. The van der Waals surface area contributed by atoms with E-state index in [9.17, 15) is 4.79 Å². The van der Waals surface area contributed by atoms with Crippen LogP contribution < -0.4 is 10.2 Å². The minimum Gasteiger partial charge on any atom is -0.367 e. The van der Waals surface area contributed by atoms with Crippen molar-refractivity contribution in [2.24, 2.45) is 7.05 Å². The lowest BCUT2D eigenvalue weighted by Crippen LogP contribution is -2.30. The molecule has 122 valence electrons. The Kier molecular flexibility index (Phi) is 4.11. The van der Waals surface area contributed by atoms with Crippen LogP contribution in [0.1, 0.15) is 35.7 Å². The van der Waals surface area contributed by atoms with Gasteiger partial charge in [-0.1, -0.05) is 6.92 Å². The minimum absolute atomic E-state index is 0.0573. The highest BCUT2D eigenvalue weighted by atomic mass is 16.1. The Morgan fingerprint density at radius 1 is 1.30 bits per heavy atom. The first-order chi connectivity index (χ1) is 11.0. The van der Waals surface area contributed by atoms with E-state index in [1.807, 2.05) is 18.7 Å². The fourth-order valence-corrected chi connectivity index (χ4v) is 3.22. The van der Waals surface area contributed by atoms with Crippen LogP contribution in [0, 0.1) is 13.8 Å². The molecule has 23 heavy (non-hydrogen) atoms. The monoisotopic (exact) mass is 312 g/mol. The van der Waals surface area contributed by atoms with Crippen molar-refractivity contribution in [1.29, 1.82) is 0 Å². The highest BCUT2D eigenvalue weighted by molar-refractivity contribution is 5.92. The number of nitrogens with one attached hydrogen (secondary N) is 1. The summed E-state index contributed by atoms with van der Waals surface area (Å²) in [5.74, 6) is 0.0573. The number of rotatable bonds is 3. The number of fused-ring (bicyclic) bond motifs is 1. The normalized spacial score (nSPS) is 13.8. The lowest BCUT2D eigenvalue weighted by atomic mass is 10.0. The Bertz CT molecular complexity index is 724. The van der Waals surface area contributed by atoms with E-state index in [0.717, 1.165) is 36.3 Å². The fourth-order valence-electron chi connectivity index (χ4n) is 3.22. The van der Waals surface area contributed by atoms with Gasteiger partial charge in [-0.25, -0.2) is 0 Å². The molecule has 1 aliphatic rings. The topological polar surface area (TPSA) is 50.2 Å². The molecular weight excluding hydrogens is 288 g/mol. The third-order valence-corrected chi connectivity index (χ3v) is 4.44. The Labute approximate surface area is 137 Å². The number of carbonyl (C=O) groups is 1. The van der Waals surface area contributed by atoms with Crippen molar-refractivity contribution in [2.75, 3.05) is 16.8 Å². The van der Waals surface area contributed by atoms with Crippen LogP contribution >= 0.6 is 0 Å². The van der Waals surface area contributed by atoms with Gasteiger partial charge in [0.1, 0.15) is 0 Å². The molecule has 3 rings (SSSR count). The van der Waals surface area contributed by atoms with Gasteiger partial charge in [-0.05, 0) is 37.1 Å². The van der Waals surface area contributed by atoms with E-state index in [0.29, 0.717) is 6.42 Å². The van der Waals surface area contributed by atoms with Gasteiger partial charge < -0.3 is 10.2 Å². The Balaban J connectivity index is 1.85. The maximum atomic E-state index is 11.7. The molecule has 5 heteroatoms. The van der Waals surface area contributed by atoms with Crippen molar-refractivity contribution in [3.63, 3.8) is 0 Å². The number of aryl methyl sites for hydroxylation is 3. The summed E-state index contributed by atoms with van der Waals surface area (Å²) in [5.41, 5.74) is 6.89. The molecule has 0 bridgehead atoms. The van der Waals surface area contributed by atoms with Gasteiger partial charge in [0, 0.05) is 56.1 Å². The van der Waals surface area contributed by atoms with E-state index in [1.54, 1.807) is 0 Å². The lowest BCUT2D eigenvalue weighted by molar-refractivity contribution is -0.115. The van der Waals surface area contributed by atoms with Crippen molar-refractivity contribution >= 4 is 17.3 Å². The van der Waals surface area contributed by atoms with Crippen LogP contribution in [-0.2, 0) is 24.8 Å². The lowest BCUT2D eigenvalue weighted by Gasteiger charge is -2.29. The SMILES string of the molecule is CCC(=O)Nc1c(C)cc(N2CCc3nn(C)cc3C2)cc1C. The third kappa shape index (κ3) is 3.09. The predicted molar refractivity (Wildman–Crippen MR) is 92.8 cm³/mol. The van der Waals surface area contributed by atoms with Crippen molar-refractivity contribution in [2.45, 2.75) is 40.2 Å². The summed E-state index contributed by atoms with van der Waals surface area (Å²) >= 11 is 0. The van der Waals surface area contributed by atoms with Crippen molar-refractivity contribution in [3.05, 3.63) is 40.7 Å². The van der Waals surface area contributed by atoms with Crippen LogP contribution in [-0.4, -0.2) is 22.2 Å². The zero-order valence-electron chi connectivity index (χ0n) is 14.3. The van der Waals surface area contributed by atoms with Crippen LogP contribution in [0.25, 0.3) is 0 Å². The number of nitrogens with zero attached hydrogens (tertiary/aromatic N) is 3. The number of benzene rings is 1. The van der Waals surface area contributed by atoms with Gasteiger partial charge in [0.05, 0.1) is 5.69 Å². The van der Waals surface area contributed by atoms with Crippen molar-refractivity contribution in [3.8, 4) is 0 Å². The maximum Gasteiger partial charge on any atom is 0.224 e. The van der Waals surface area contributed by atoms with Crippen molar-refractivity contribution in [1.82, 2.24) is 9.78 Å². The summed E-state index contributed by atoms with van der Waals surface area (Å²) in [7, 11) is 1.97. The van der Waals surface area contributed by atoms with E-state index in [4.69, 9.17) is 0 Å². The van der Waals surface area contributed by atoms with Gasteiger partial charge in [0.25, 0.3) is 0 Å². The fraction of sp³-hybridized carbons (Fsp3) is 0.444. The number of hydrogen-bond acceptors (Lipinski definition) is 3. The summed E-state index contributed by atoms with van der Waals surface area (Å²) in [4.78, 5) is 14.1. The second kappa shape index (κ2) is 6.07. The Hall–Kier alpha value is -2.30. The van der Waals surface area contributed by atoms with Gasteiger partial charge in [-0.3, -0.25) is 9.48 Å². The van der Waals surface area contributed by atoms with E-state index in [2.05, 4.69) is 47.5 Å². The molecule has 1 amide bonds. The first-order valence-electron chi connectivity index (χ1n) is 8.15. The maximum absolute atomic E-state index is 11.7. The zero-order chi connectivity index (χ0) is 16.6. The summed E-state index contributed by atoms with van der Waals surface area (Å²) in [6.45, 7) is 7.85. The molecule has 5 nitrogen and oxygen atoms in total. The van der Waals surface area contributed by atoms with E-state index in [-0.39, 0.29) is 5.91 Å². The molecule has 1 aromatic heterocycles. The van der Waals surface area contributed by atoms with Crippen LogP contribution in [0.5, 0.6) is 0 Å². The molecular formula is C18H24N4O. The molecule has 0 spiro atoms. The molecule has 0 unspecified atom stereocenters. The molecule has 0 radical (unpaired) electrons. The molecule has 2 aromatic rings.